The highest BCUT2D eigenvalue weighted by Gasteiger charge is 2.20. The molecule has 0 saturated heterocycles. The summed E-state index contributed by atoms with van der Waals surface area (Å²) in [5.41, 5.74) is 0. The maximum absolute atomic E-state index is 12.8. The molecule has 0 saturated carbocycles. The van der Waals surface area contributed by atoms with Crippen LogP contribution in [0.1, 0.15) is 206 Å². The van der Waals surface area contributed by atoms with E-state index >= 15 is 0 Å². The summed E-state index contributed by atoms with van der Waals surface area (Å²) >= 11 is 0. The van der Waals surface area contributed by atoms with E-state index < -0.39 is 13.9 Å². The van der Waals surface area contributed by atoms with Crippen molar-refractivity contribution in [3.63, 3.8) is 0 Å². The first kappa shape index (κ1) is 66.2. The molecule has 2 atom stereocenters. The van der Waals surface area contributed by atoms with Gasteiger partial charge in [-0.25, -0.2) is 0 Å². The highest BCUT2D eigenvalue weighted by atomic mass is 31.2. The maximum atomic E-state index is 12.8. The van der Waals surface area contributed by atoms with E-state index in [1.807, 2.05) is 21.1 Å². The van der Waals surface area contributed by atoms with Crippen molar-refractivity contribution in [3.8, 4) is 0 Å². The molecule has 0 aliphatic heterocycles. The zero-order valence-corrected chi connectivity index (χ0v) is 45.9. The molecule has 8 nitrogen and oxygen atoms in total. The molecule has 0 aromatic heterocycles. The van der Waals surface area contributed by atoms with Gasteiger partial charge in [-0.05, 0) is 103 Å². The zero-order valence-electron chi connectivity index (χ0n) is 45.0. The second-order valence-electron chi connectivity index (χ2n) is 19.2. The Bertz CT molecular complexity index is 1470. The molecule has 0 heterocycles. The standard InChI is InChI=1S/C60H104NO7P/c1-6-8-10-12-14-16-18-20-22-24-26-28-29-30-31-32-34-36-38-40-42-44-46-48-50-52-55-65-57-59(58-67-69(63,64)66-56-54-61(3,4)5)68-60(62)53-51-49-47-45-43-41-39-37-35-33-27-25-23-21-19-17-15-13-11-9-7-2/h8,10,14,16,19-22,25-28,30-31,34-37,59H,6-7,9,11-13,15,17-18,23-24,29,32-33,38-58H2,1-5H3/b10-8-,16-14-,21-19-,22-20-,27-25-,28-26-,31-30-,36-34-,37-35-. The van der Waals surface area contributed by atoms with Crippen LogP contribution >= 0.6 is 7.82 Å². The molecule has 0 aromatic carbocycles. The molecule has 0 amide bonds. The molecule has 0 fully saturated rings. The van der Waals surface area contributed by atoms with Crippen LogP contribution in [0.15, 0.2) is 109 Å². The van der Waals surface area contributed by atoms with E-state index in [0.29, 0.717) is 17.6 Å². The molecule has 0 spiro atoms. The molecule has 2 unspecified atom stereocenters. The monoisotopic (exact) mass is 982 g/mol. The normalized spacial score (nSPS) is 14.3. The second kappa shape index (κ2) is 51.5. The van der Waals surface area contributed by atoms with Crippen LogP contribution in [0.4, 0.5) is 0 Å². The fourth-order valence-corrected chi connectivity index (χ4v) is 7.81. The summed E-state index contributed by atoms with van der Waals surface area (Å²) in [6, 6.07) is 0. The van der Waals surface area contributed by atoms with Gasteiger partial charge in [-0.2, -0.15) is 0 Å². The van der Waals surface area contributed by atoms with Gasteiger partial charge in [0.1, 0.15) is 19.3 Å². The van der Waals surface area contributed by atoms with Gasteiger partial charge < -0.3 is 27.9 Å². The van der Waals surface area contributed by atoms with Crippen LogP contribution in [0.25, 0.3) is 0 Å². The molecule has 0 N–H and O–H groups in total. The first-order chi connectivity index (χ1) is 33.6. The van der Waals surface area contributed by atoms with Crippen LogP contribution in [0, 0.1) is 0 Å². The van der Waals surface area contributed by atoms with E-state index in [1.54, 1.807) is 0 Å². The van der Waals surface area contributed by atoms with Gasteiger partial charge in [0.15, 0.2) is 0 Å². The number of nitrogens with zero attached hydrogens (tertiary/aromatic N) is 1. The van der Waals surface area contributed by atoms with E-state index in [4.69, 9.17) is 18.5 Å². The van der Waals surface area contributed by atoms with Crippen LogP contribution in [0.2, 0.25) is 0 Å². The highest BCUT2D eigenvalue weighted by molar-refractivity contribution is 7.45. The van der Waals surface area contributed by atoms with Crippen molar-refractivity contribution in [3.05, 3.63) is 109 Å². The second-order valence-corrected chi connectivity index (χ2v) is 20.6. The third-order valence-electron chi connectivity index (χ3n) is 11.3. The minimum Gasteiger partial charge on any atom is -0.756 e. The fourth-order valence-electron chi connectivity index (χ4n) is 7.09. The number of allylic oxidation sites excluding steroid dienone is 18. The van der Waals surface area contributed by atoms with Crippen molar-refractivity contribution in [2.45, 2.75) is 213 Å². The molecule has 0 aliphatic rings. The number of phosphoric ester groups is 1. The number of carbonyl (C=O) groups excluding carboxylic acids is 1. The SMILES string of the molecule is CC/C=C\C/C=C\C/C=C\C/C=C\C/C=C\C/C=C\CCCCCCCCCOCC(COP(=O)([O-])OCC[N+](C)(C)C)OC(=O)CCCCCCCC/C=C\C/C=C\C/C=C\CCCCCCC. The van der Waals surface area contributed by atoms with Crippen molar-refractivity contribution in [2.24, 2.45) is 0 Å². The number of rotatable bonds is 50. The predicted octanol–water partition coefficient (Wildman–Crippen LogP) is 16.9. The minimum absolute atomic E-state index is 0.0145. The van der Waals surface area contributed by atoms with Crippen molar-refractivity contribution >= 4 is 13.8 Å². The van der Waals surface area contributed by atoms with E-state index in [1.165, 1.54) is 77.0 Å². The van der Waals surface area contributed by atoms with Gasteiger partial charge in [-0.1, -0.05) is 207 Å². The van der Waals surface area contributed by atoms with Crippen molar-refractivity contribution in [2.75, 3.05) is 54.1 Å². The predicted molar refractivity (Wildman–Crippen MR) is 295 cm³/mol. The lowest BCUT2D eigenvalue weighted by Gasteiger charge is -2.28. The number of hydrogen-bond acceptors (Lipinski definition) is 7. The first-order valence-corrected chi connectivity index (χ1v) is 29.1. The van der Waals surface area contributed by atoms with Crippen LogP contribution in [-0.2, 0) is 27.9 Å². The summed E-state index contributed by atoms with van der Waals surface area (Å²) in [5, 5.41) is 0. The Hall–Kier alpha value is -2.84. The fraction of sp³-hybridized carbons (Fsp3) is 0.683. The number of phosphoric acid groups is 1. The average Bonchev–Trinajstić information content (AvgIpc) is 3.31. The quantitative estimate of drug-likeness (QED) is 0.0197. The van der Waals surface area contributed by atoms with Crippen LogP contribution in [0.3, 0.4) is 0 Å². The van der Waals surface area contributed by atoms with Gasteiger partial charge in [0, 0.05) is 13.0 Å². The largest absolute Gasteiger partial charge is 0.756 e. The van der Waals surface area contributed by atoms with E-state index in [2.05, 4.69) is 123 Å². The molecule has 0 rings (SSSR count). The lowest BCUT2D eigenvalue weighted by Crippen LogP contribution is -2.37. The molecule has 0 aromatic rings. The molecule has 396 valence electrons. The van der Waals surface area contributed by atoms with Crippen molar-refractivity contribution in [1.82, 2.24) is 0 Å². The smallest absolute Gasteiger partial charge is 0.306 e. The zero-order chi connectivity index (χ0) is 50.5. The summed E-state index contributed by atoms with van der Waals surface area (Å²) in [6.45, 7) is 5.23. The summed E-state index contributed by atoms with van der Waals surface area (Å²) in [5.74, 6) is -0.354. The number of carbonyl (C=O) groups is 1. The molecule has 69 heavy (non-hydrogen) atoms. The molecular formula is C60H104NO7P. The maximum Gasteiger partial charge on any atom is 0.306 e. The van der Waals surface area contributed by atoms with Crippen LogP contribution in [-0.4, -0.2) is 70.7 Å². The summed E-state index contributed by atoms with van der Waals surface area (Å²) in [7, 11) is 1.32. The van der Waals surface area contributed by atoms with Gasteiger partial charge >= 0.3 is 5.97 Å². The molecule has 0 aliphatic carbocycles. The van der Waals surface area contributed by atoms with E-state index in [9.17, 15) is 14.3 Å². The average molecular weight is 982 g/mol. The Morgan fingerprint density at radius 3 is 1.26 bits per heavy atom. The lowest BCUT2D eigenvalue weighted by atomic mass is 10.1. The summed E-state index contributed by atoms with van der Waals surface area (Å²) in [6.07, 6.45) is 72.6. The lowest BCUT2D eigenvalue weighted by molar-refractivity contribution is -0.870. The van der Waals surface area contributed by atoms with Crippen molar-refractivity contribution in [1.29, 1.82) is 0 Å². The molecular weight excluding hydrogens is 878 g/mol. The van der Waals surface area contributed by atoms with Gasteiger partial charge in [0.2, 0.25) is 0 Å². The molecule has 0 bridgehead atoms. The van der Waals surface area contributed by atoms with Gasteiger partial charge in [0.25, 0.3) is 7.82 Å². The molecule has 0 radical (unpaired) electrons. The number of ether oxygens (including phenoxy) is 2. The number of likely N-dealkylation sites (N-methyl/N-ethyl adjacent to an activating group) is 1. The van der Waals surface area contributed by atoms with E-state index in [0.717, 1.165) is 109 Å². The Morgan fingerprint density at radius 1 is 0.464 bits per heavy atom. The topological polar surface area (TPSA) is 94.1 Å². The number of unbranched alkanes of at least 4 members (excludes halogenated alkanes) is 18. The third-order valence-corrected chi connectivity index (χ3v) is 12.3. The van der Waals surface area contributed by atoms with Gasteiger partial charge in [-0.3, -0.25) is 9.36 Å². The van der Waals surface area contributed by atoms with Crippen LogP contribution < -0.4 is 4.89 Å². The Morgan fingerprint density at radius 2 is 0.841 bits per heavy atom. The minimum atomic E-state index is -4.55. The number of hydrogen-bond donors (Lipinski definition) is 0. The number of quaternary nitrogens is 1. The highest BCUT2D eigenvalue weighted by Crippen LogP contribution is 2.38. The Kier molecular flexibility index (Phi) is 49.4. The van der Waals surface area contributed by atoms with Gasteiger partial charge in [0.05, 0.1) is 34.4 Å². The molecule has 9 heteroatoms. The third kappa shape index (κ3) is 56.0. The summed E-state index contributed by atoms with van der Waals surface area (Å²) < 4.78 is 34.8. The number of esters is 1. The van der Waals surface area contributed by atoms with Crippen molar-refractivity contribution < 1.29 is 37.3 Å². The Labute approximate surface area is 425 Å². The Balaban J connectivity index is 4.20. The van der Waals surface area contributed by atoms with E-state index in [-0.39, 0.29) is 32.2 Å². The van der Waals surface area contributed by atoms with Crippen LogP contribution in [0.5, 0.6) is 0 Å². The summed E-state index contributed by atoms with van der Waals surface area (Å²) in [4.78, 5) is 25.2. The first-order valence-electron chi connectivity index (χ1n) is 27.6. The van der Waals surface area contributed by atoms with Gasteiger partial charge in [-0.15, -0.1) is 0 Å².